The minimum atomic E-state index is -0.865. The molecule has 2 N–H and O–H groups in total. The predicted octanol–water partition coefficient (Wildman–Crippen LogP) is 2.46. The summed E-state index contributed by atoms with van der Waals surface area (Å²) in [7, 11) is 0. The molecule has 0 aromatic heterocycles. The van der Waals surface area contributed by atoms with Crippen molar-refractivity contribution in [3.8, 4) is 5.75 Å². The van der Waals surface area contributed by atoms with Crippen LogP contribution in [0.1, 0.15) is 37.7 Å². The summed E-state index contributed by atoms with van der Waals surface area (Å²) in [5, 5.41) is 20.3. The Kier molecular flexibility index (Phi) is 2.44. The fourth-order valence-electron chi connectivity index (χ4n) is 3.08. The third-order valence-corrected chi connectivity index (χ3v) is 4.02. The van der Waals surface area contributed by atoms with Crippen LogP contribution in [0.25, 0.3) is 0 Å². The first kappa shape index (κ1) is 10.8. The van der Waals surface area contributed by atoms with E-state index < -0.39 is 5.72 Å². The first-order valence-electron chi connectivity index (χ1n) is 6.28. The molecule has 0 spiro atoms. The first-order valence-corrected chi connectivity index (χ1v) is 6.28. The smallest absolute Gasteiger partial charge is 0.159 e. The van der Waals surface area contributed by atoms with Gasteiger partial charge in [0.05, 0.1) is 0 Å². The lowest BCUT2D eigenvalue weighted by molar-refractivity contribution is 0.00387. The molecule has 2 aliphatic rings. The van der Waals surface area contributed by atoms with Gasteiger partial charge in [-0.2, -0.15) is 0 Å². The summed E-state index contributed by atoms with van der Waals surface area (Å²) in [6.45, 7) is 0. The van der Waals surface area contributed by atoms with Crippen molar-refractivity contribution >= 4 is 5.71 Å². The Balaban J connectivity index is 2.00. The molecule has 1 heterocycles. The minimum absolute atomic E-state index is 0.256. The van der Waals surface area contributed by atoms with Crippen LogP contribution >= 0.6 is 0 Å². The molecular weight excluding hydrogens is 214 g/mol. The van der Waals surface area contributed by atoms with E-state index in [0.29, 0.717) is 5.92 Å². The van der Waals surface area contributed by atoms with Crippen molar-refractivity contribution in [1.29, 1.82) is 0 Å². The average Bonchev–Trinajstić information content (AvgIpc) is 2.70. The summed E-state index contributed by atoms with van der Waals surface area (Å²) in [6, 6.07) is 7.23. The maximum atomic E-state index is 10.5. The van der Waals surface area contributed by atoms with Crippen LogP contribution in [0.3, 0.4) is 0 Å². The second kappa shape index (κ2) is 3.84. The van der Waals surface area contributed by atoms with Crippen molar-refractivity contribution in [3.63, 3.8) is 0 Å². The number of benzene rings is 1. The molecule has 0 bridgehead atoms. The highest BCUT2D eigenvalue weighted by Crippen LogP contribution is 2.43. The molecule has 17 heavy (non-hydrogen) atoms. The maximum absolute atomic E-state index is 10.5. The molecule has 3 nitrogen and oxygen atoms in total. The standard InChI is InChI=1S/C14H17NO2/c16-13-6-2-1-5-11(13)12-8-7-10-4-3-9-14(10,17)15-12/h1-2,5-6,10,16-17H,3-4,7-9H2. The zero-order valence-corrected chi connectivity index (χ0v) is 9.76. The molecule has 1 aromatic carbocycles. The van der Waals surface area contributed by atoms with Crippen LogP contribution in [-0.2, 0) is 0 Å². The van der Waals surface area contributed by atoms with Gasteiger partial charge in [0.15, 0.2) is 5.72 Å². The minimum Gasteiger partial charge on any atom is -0.507 e. The number of hydrogen-bond donors (Lipinski definition) is 2. The second-order valence-corrected chi connectivity index (χ2v) is 5.08. The lowest BCUT2D eigenvalue weighted by atomic mass is 9.88. The number of aliphatic hydroxyl groups is 1. The van der Waals surface area contributed by atoms with Crippen molar-refractivity contribution in [2.24, 2.45) is 10.9 Å². The molecule has 0 saturated heterocycles. The fourth-order valence-corrected chi connectivity index (χ4v) is 3.08. The summed E-state index contributed by atoms with van der Waals surface area (Å²) in [4.78, 5) is 4.52. The highest BCUT2D eigenvalue weighted by Gasteiger charge is 2.43. The molecule has 3 heteroatoms. The maximum Gasteiger partial charge on any atom is 0.159 e. The summed E-state index contributed by atoms with van der Waals surface area (Å²) in [6.07, 6.45) is 4.72. The van der Waals surface area contributed by atoms with Gasteiger partial charge >= 0.3 is 0 Å². The highest BCUT2D eigenvalue weighted by molar-refractivity contribution is 6.03. The normalized spacial score (nSPS) is 32.1. The van der Waals surface area contributed by atoms with Crippen LogP contribution in [0, 0.1) is 5.92 Å². The number of nitrogens with zero attached hydrogens (tertiary/aromatic N) is 1. The third-order valence-electron chi connectivity index (χ3n) is 4.02. The zero-order valence-electron chi connectivity index (χ0n) is 9.76. The zero-order chi connectivity index (χ0) is 11.9. The molecule has 3 rings (SSSR count). The Morgan fingerprint density at radius 3 is 2.88 bits per heavy atom. The van der Waals surface area contributed by atoms with E-state index in [2.05, 4.69) is 4.99 Å². The number of aromatic hydroxyl groups is 1. The van der Waals surface area contributed by atoms with E-state index in [4.69, 9.17) is 0 Å². The number of hydrogen-bond acceptors (Lipinski definition) is 3. The Morgan fingerprint density at radius 2 is 2.06 bits per heavy atom. The third kappa shape index (κ3) is 1.75. The van der Waals surface area contributed by atoms with Gasteiger partial charge in [-0.25, -0.2) is 0 Å². The lowest BCUT2D eigenvalue weighted by Crippen LogP contribution is -2.36. The number of phenols is 1. The molecular formula is C14H17NO2. The van der Waals surface area contributed by atoms with Crippen LogP contribution in [0.5, 0.6) is 5.75 Å². The molecule has 0 amide bonds. The molecule has 2 atom stereocenters. The van der Waals surface area contributed by atoms with E-state index in [-0.39, 0.29) is 5.75 Å². The van der Waals surface area contributed by atoms with E-state index in [0.717, 1.165) is 43.4 Å². The summed E-state index contributed by atoms with van der Waals surface area (Å²) in [5.41, 5.74) is 0.755. The molecule has 1 fully saturated rings. The number of rotatable bonds is 1. The monoisotopic (exact) mass is 231 g/mol. The number of fused-ring (bicyclic) bond motifs is 1. The molecule has 90 valence electrons. The second-order valence-electron chi connectivity index (χ2n) is 5.08. The van der Waals surface area contributed by atoms with Crippen LogP contribution in [0.2, 0.25) is 0 Å². The summed E-state index contributed by atoms with van der Waals surface area (Å²) in [5.74, 6) is 0.573. The van der Waals surface area contributed by atoms with Gasteiger partial charge in [-0.15, -0.1) is 0 Å². The Hall–Kier alpha value is -1.35. The predicted molar refractivity (Wildman–Crippen MR) is 66.2 cm³/mol. The van der Waals surface area contributed by atoms with Crippen LogP contribution in [-0.4, -0.2) is 21.6 Å². The quantitative estimate of drug-likeness (QED) is 0.780. The SMILES string of the molecule is Oc1ccccc1C1=NC2(O)CCCC2CC1. The fraction of sp³-hybridized carbons (Fsp3) is 0.500. The largest absolute Gasteiger partial charge is 0.507 e. The van der Waals surface area contributed by atoms with Gasteiger partial charge in [-0.05, 0) is 44.2 Å². The van der Waals surface area contributed by atoms with Gasteiger partial charge in [0.25, 0.3) is 0 Å². The van der Waals surface area contributed by atoms with Crippen molar-refractivity contribution in [3.05, 3.63) is 29.8 Å². The van der Waals surface area contributed by atoms with Crippen LogP contribution < -0.4 is 0 Å². The molecule has 1 aromatic rings. The molecule has 1 aliphatic carbocycles. The van der Waals surface area contributed by atoms with Gasteiger partial charge in [-0.1, -0.05) is 12.1 Å². The van der Waals surface area contributed by atoms with Gasteiger partial charge < -0.3 is 10.2 Å². The van der Waals surface area contributed by atoms with Crippen molar-refractivity contribution < 1.29 is 10.2 Å². The van der Waals surface area contributed by atoms with E-state index in [1.807, 2.05) is 12.1 Å². The van der Waals surface area contributed by atoms with Gasteiger partial charge in [0, 0.05) is 17.2 Å². The van der Waals surface area contributed by atoms with Crippen molar-refractivity contribution in [2.75, 3.05) is 0 Å². The Morgan fingerprint density at radius 1 is 1.24 bits per heavy atom. The lowest BCUT2D eigenvalue weighted by Gasteiger charge is -2.32. The van der Waals surface area contributed by atoms with E-state index in [1.54, 1.807) is 12.1 Å². The van der Waals surface area contributed by atoms with Crippen LogP contribution in [0.15, 0.2) is 29.3 Å². The number of para-hydroxylation sites is 1. The average molecular weight is 231 g/mol. The highest BCUT2D eigenvalue weighted by atomic mass is 16.3. The molecule has 0 radical (unpaired) electrons. The number of aliphatic imine (C=N–C) groups is 1. The first-order chi connectivity index (χ1) is 8.19. The van der Waals surface area contributed by atoms with E-state index in [1.165, 1.54) is 0 Å². The number of phenolic OH excluding ortho intramolecular Hbond substituents is 1. The molecule has 2 unspecified atom stereocenters. The Labute approximate surface area is 101 Å². The van der Waals surface area contributed by atoms with Crippen molar-refractivity contribution in [1.82, 2.24) is 0 Å². The van der Waals surface area contributed by atoms with E-state index >= 15 is 0 Å². The summed E-state index contributed by atoms with van der Waals surface area (Å²) < 4.78 is 0. The topological polar surface area (TPSA) is 52.8 Å². The molecule has 1 saturated carbocycles. The van der Waals surface area contributed by atoms with Crippen molar-refractivity contribution in [2.45, 2.75) is 37.8 Å². The molecule has 1 aliphatic heterocycles. The van der Waals surface area contributed by atoms with Gasteiger partial charge in [-0.3, -0.25) is 4.99 Å². The van der Waals surface area contributed by atoms with Crippen LogP contribution in [0.4, 0.5) is 0 Å². The van der Waals surface area contributed by atoms with E-state index in [9.17, 15) is 10.2 Å². The Bertz CT molecular complexity index is 469. The van der Waals surface area contributed by atoms with Gasteiger partial charge in [0.1, 0.15) is 5.75 Å². The summed E-state index contributed by atoms with van der Waals surface area (Å²) >= 11 is 0. The van der Waals surface area contributed by atoms with Gasteiger partial charge in [0.2, 0.25) is 0 Å².